The molecule has 0 aromatic carbocycles. The highest BCUT2D eigenvalue weighted by atomic mass is 15.0. The molecule has 1 saturated carbocycles. The predicted octanol–water partition coefficient (Wildman–Crippen LogP) is 2.10. The van der Waals surface area contributed by atoms with E-state index in [1.807, 2.05) is 31.5 Å². The van der Waals surface area contributed by atoms with Gasteiger partial charge in [-0.05, 0) is 37.5 Å². The van der Waals surface area contributed by atoms with Crippen LogP contribution < -0.4 is 5.32 Å². The third kappa shape index (κ3) is 2.54. The van der Waals surface area contributed by atoms with Gasteiger partial charge in [0.25, 0.3) is 0 Å². The first kappa shape index (κ1) is 11.3. The summed E-state index contributed by atoms with van der Waals surface area (Å²) in [5.41, 5.74) is 3.20. The molecule has 1 aliphatic carbocycles. The standard InChI is InChI=1S/C14H16N4/c1-10-8-15-6-5-13(10)14-16-7-4-12(18-14)9-17-11-2-3-11/h4-8,11,17H,2-3,9H2,1H3. The summed E-state index contributed by atoms with van der Waals surface area (Å²) < 4.78 is 0. The van der Waals surface area contributed by atoms with Crippen molar-refractivity contribution in [1.82, 2.24) is 20.3 Å². The average Bonchev–Trinajstić information content (AvgIpc) is 3.21. The van der Waals surface area contributed by atoms with E-state index >= 15 is 0 Å². The summed E-state index contributed by atoms with van der Waals surface area (Å²) in [6, 6.07) is 4.63. The number of nitrogens with one attached hydrogen (secondary N) is 1. The van der Waals surface area contributed by atoms with Crippen molar-refractivity contribution < 1.29 is 0 Å². The van der Waals surface area contributed by atoms with Crippen LogP contribution in [-0.2, 0) is 6.54 Å². The van der Waals surface area contributed by atoms with Gasteiger partial charge in [-0.2, -0.15) is 0 Å². The summed E-state index contributed by atoms with van der Waals surface area (Å²) >= 11 is 0. The van der Waals surface area contributed by atoms with E-state index in [9.17, 15) is 0 Å². The molecule has 0 aliphatic heterocycles. The van der Waals surface area contributed by atoms with E-state index in [0.717, 1.165) is 29.2 Å². The molecule has 92 valence electrons. The second-order valence-electron chi connectivity index (χ2n) is 4.72. The van der Waals surface area contributed by atoms with Gasteiger partial charge in [0.2, 0.25) is 0 Å². The molecular weight excluding hydrogens is 224 g/mol. The maximum absolute atomic E-state index is 4.60. The van der Waals surface area contributed by atoms with E-state index < -0.39 is 0 Å². The van der Waals surface area contributed by atoms with Crippen molar-refractivity contribution in [3.63, 3.8) is 0 Å². The number of pyridine rings is 1. The molecule has 0 radical (unpaired) electrons. The fourth-order valence-corrected chi connectivity index (χ4v) is 1.88. The molecular formula is C14H16N4. The zero-order chi connectivity index (χ0) is 12.4. The smallest absolute Gasteiger partial charge is 0.159 e. The van der Waals surface area contributed by atoms with Crippen molar-refractivity contribution in [3.8, 4) is 11.4 Å². The Morgan fingerprint density at radius 1 is 1.28 bits per heavy atom. The SMILES string of the molecule is Cc1cnccc1-c1nccc(CNC2CC2)n1. The Bertz CT molecular complexity index is 549. The van der Waals surface area contributed by atoms with Crippen LogP contribution in [0.5, 0.6) is 0 Å². The number of nitrogens with zero attached hydrogens (tertiary/aromatic N) is 3. The van der Waals surface area contributed by atoms with Crippen LogP contribution in [0.1, 0.15) is 24.1 Å². The molecule has 0 unspecified atom stereocenters. The van der Waals surface area contributed by atoms with Crippen LogP contribution in [0, 0.1) is 6.92 Å². The van der Waals surface area contributed by atoms with Crippen LogP contribution in [0.2, 0.25) is 0 Å². The molecule has 18 heavy (non-hydrogen) atoms. The highest BCUT2D eigenvalue weighted by Gasteiger charge is 2.20. The highest BCUT2D eigenvalue weighted by molar-refractivity contribution is 5.58. The third-order valence-corrected chi connectivity index (χ3v) is 3.12. The number of rotatable bonds is 4. The van der Waals surface area contributed by atoms with Gasteiger partial charge in [0.05, 0.1) is 5.69 Å². The molecule has 3 rings (SSSR count). The second kappa shape index (κ2) is 4.82. The molecule has 4 nitrogen and oxygen atoms in total. The van der Waals surface area contributed by atoms with Gasteiger partial charge in [-0.1, -0.05) is 0 Å². The molecule has 0 saturated heterocycles. The minimum Gasteiger partial charge on any atom is -0.308 e. The maximum atomic E-state index is 4.60. The minimum atomic E-state index is 0.700. The fourth-order valence-electron chi connectivity index (χ4n) is 1.88. The monoisotopic (exact) mass is 240 g/mol. The minimum absolute atomic E-state index is 0.700. The number of aryl methyl sites for hydroxylation is 1. The second-order valence-corrected chi connectivity index (χ2v) is 4.72. The first-order valence-electron chi connectivity index (χ1n) is 6.29. The lowest BCUT2D eigenvalue weighted by Gasteiger charge is -2.06. The Morgan fingerprint density at radius 2 is 2.17 bits per heavy atom. The van der Waals surface area contributed by atoms with Crippen LogP contribution in [0.3, 0.4) is 0 Å². The van der Waals surface area contributed by atoms with E-state index in [2.05, 4.69) is 20.3 Å². The van der Waals surface area contributed by atoms with Gasteiger partial charge in [0.15, 0.2) is 5.82 Å². The van der Waals surface area contributed by atoms with Crippen LogP contribution in [0.25, 0.3) is 11.4 Å². The van der Waals surface area contributed by atoms with Gasteiger partial charge in [-0.25, -0.2) is 9.97 Å². The average molecular weight is 240 g/mol. The molecule has 1 N–H and O–H groups in total. The van der Waals surface area contributed by atoms with Gasteiger partial charge in [-0.3, -0.25) is 4.98 Å². The van der Waals surface area contributed by atoms with Crippen LogP contribution in [-0.4, -0.2) is 21.0 Å². The van der Waals surface area contributed by atoms with Crippen LogP contribution >= 0.6 is 0 Å². The summed E-state index contributed by atoms with van der Waals surface area (Å²) in [5, 5.41) is 3.46. The van der Waals surface area contributed by atoms with E-state index in [0.29, 0.717) is 6.04 Å². The zero-order valence-electron chi connectivity index (χ0n) is 10.4. The lowest BCUT2D eigenvalue weighted by molar-refractivity contribution is 0.673. The molecule has 2 heterocycles. The zero-order valence-corrected chi connectivity index (χ0v) is 10.4. The first-order valence-corrected chi connectivity index (χ1v) is 6.29. The Kier molecular flexibility index (Phi) is 3.02. The van der Waals surface area contributed by atoms with Gasteiger partial charge in [-0.15, -0.1) is 0 Å². The molecule has 0 amide bonds. The Balaban J connectivity index is 1.83. The molecule has 2 aromatic heterocycles. The molecule has 4 heteroatoms. The topological polar surface area (TPSA) is 50.7 Å². The lowest BCUT2D eigenvalue weighted by Crippen LogP contribution is -2.16. The quantitative estimate of drug-likeness (QED) is 0.889. The van der Waals surface area contributed by atoms with Crippen molar-refractivity contribution in [2.75, 3.05) is 0 Å². The van der Waals surface area contributed by atoms with Crippen molar-refractivity contribution >= 4 is 0 Å². The van der Waals surface area contributed by atoms with Crippen LogP contribution in [0.15, 0.2) is 30.7 Å². The van der Waals surface area contributed by atoms with Crippen molar-refractivity contribution in [1.29, 1.82) is 0 Å². The number of hydrogen-bond donors (Lipinski definition) is 1. The van der Waals surface area contributed by atoms with Crippen molar-refractivity contribution in [2.45, 2.75) is 32.4 Å². The largest absolute Gasteiger partial charge is 0.308 e. The molecule has 1 aliphatic rings. The van der Waals surface area contributed by atoms with E-state index in [1.54, 1.807) is 6.20 Å². The van der Waals surface area contributed by atoms with Gasteiger partial charge >= 0.3 is 0 Å². The third-order valence-electron chi connectivity index (χ3n) is 3.12. The van der Waals surface area contributed by atoms with Crippen LogP contribution in [0.4, 0.5) is 0 Å². The fraction of sp³-hybridized carbons (Fsp3) is 0.357. The first-order chi connectivity index (χ1) is 8.83. The number of hydrogen-bond acceptors (Lipinski definition) is 4. The van der Waals surface area contributed by atoms with Gasteiger partial charge < -0.3 is 5.32 Å². The van der Waals surface area contributed by atoms with E-state index in [1.165, 1.54) is 12.8 Å². The summed E-state index contributed by atoms with van der Waals surface area (Å²) in [4.78, 5) is 13.0. The molecule has 0 spiro atoms. The molecule has 0 bridgehead atoms. The van der Waals surface area contributed by atoms with Gasteiger partial charge in [0.1, 0.15) is 0 Å². The summed E-state index contributed by atoms with van der Waals surface area (Å²) in [7, 11) is 0. The van der Waals surface area contributed by atoms with E-state index in [4.69, 9.17) is 0 Å². The van der Waals surface area contributed by atoms with Gasteiger partial charge in [0, 0.05) is 36.7 Å². The summed E-state index contributed by atoms with van der Waals surface area (Å²) in [6.45, 7) is 2.85. The molecule has 0 atom stereocenters. The van der Waals surface area contributed by atoms with E-state index in [-0.39, 0.29) is 0 Å². The number of aromatic nitrogens is 3. The summed E-state index contributed by atoms with van der Waals surface area (Å²) in [6.07, 6.45) is 8.03. The highest BCUT2D eigenvalue weighted by Crippen LogP contribution is 2.20. The Morgan fingerprint density at radius 3 is 2.94 bits per heavy atom. The van der Waals surface area contributed by atoms with Crippen molar-refractivity contribution in [2.24, 2.45) is 0 Å². The molecule has 2 aromatic rings. The predicted molar refractivity (Wildman–Crippen MR) is 69.9 cm³/mol. The van der Waals surface area contributed by atoms with Crippen molar-refractivity contribution in [3.05, 3.63) is 42.0 Å². The Hall–Kier alpha value is -1.81. The Labute approximate surface area is 107 Å². The lowest BCUT2D eigenvalue weighted by atomic mass is 10.1. The normalized spacial score (nSPS) is 14.7. The maximum Gasteiger partial charge on any atom is 0.159 e. The molecule has 1 fully saturated rings. The summed E-state index contributed by atoms with van der Waals surface area (Å²) in [5.74, 6) is 0.782.